The Hall–Kier alpha value is -4.47. The number of nitrogens with zero attached hydrogens (tertiary/aromatic N) is 3. The highest BCUT2D eigenvalue weighted by Gasteiger charge is 2.31. The smallest absolute Gasteiger partial charge is 0.406 e. The molecule has 36 heavy (non-hydrogen) atoms. The maximum absolute atomic E-state index is 12.9. The first-order chi connectivity index (χ1) is 17.4. The predicted molar refractivity (Wildman–Crippen MR) is 127 cm³/mol. The van der Waals surface area contributed by atoms with Crippen LogP contribution in [0, 0.1) is 0 Å². The van der Waals surface area contributed by atoms with Crippen molar-refractivity contribution in [2.45, 2.75) is 25.2 Å². The molecule has 10 heteroatoms. The van der Waals surface area contributed by atoms with Crippen LogP contribution in [0.3, 0.4) is 0 Å². The summed E-state index contributed by atoms with van der Waals surface area (Å²) in [5, 5.41) is 6.24. The maximum Gasteiger partial charge on any atom is 0.573 e. The summed E-state index contributed by atoms with van der Waals surface area (Å²) in [7, 11) is 0. The van der Waals surface area contributed by atoms with Crippen LogP contribution >= 0.6 is 0 Å². The van der Waals surface area contributed by atoms with Crippen molar-refractivity contribution in [2.24, 2.45) is 0 Å². The van der Waals surface area contributed by atoms with Gasteiger partial charge in [-0.05, 0) is 42.2 Å². The van der Waals surface area contributed by atoms with Gasteiger partial charge < -0.3 is 15.4 Å². The molecule has 5 rings (SSSR count). The summed E-state index contributed by atoms with van der Waals surface area (Å²) in [5.41, 5.74) is 4.10. The van der Waals surface area contributed by atoms with Crippen LogP contribution in [0.1, 0.15) is 33.9 Å². The number of rotatable bonds is 6. The van der Waals surface area contributed by atoms with Gasteiger partial charge in [-0.1, -0.05) is 36.4 Å². The van der Waals surface area contributed by atoms with Crippen LogP contribution in [0.15, 0.2) is 79.4 Å². The van der Waals surface area contributed by atoms with Gasteiger partial charge in [-0.25, -0.2) is 9.97 Å². The zero-order chi connectivity index (χ0) is 25.1. The van der Waals surface area contributed by atoms with E-state index in [1.165, 1.54) is 35.9 Å². The molecule has 0 radical (unpaired) electrons. The van der Waals surface area contributed by atoms with E-state index in [-0.39, 0.29) is 23.4 Å². The van der Waals surface area contributed by atoms with E-state index >= 15 is 0 Å². The van der Waals surface area contributed by atoms with Crippen molar-refractivity contribution >= 4 is 17.4 Å². The predicted octanol–water partition coefficient (Wildman–Crippen LogP) is 5.79. The largest absolute Gasteiger partial charge is 0.573 e. The molecule has 1 amide bonds. The molecule has 2 N–H and O–H groups in total. The van der Waals surface area contributed by atoms with Crippen molar-refractivity contribution in [3.05, 3.63) is 96.1 Å². The molecule has 2 aromatic carbocycles. The number of hydrogen-bond donors (Lipinski definition) is 2. The Bertz CT molecular complexity index is 1390. The molecule has 0 saturated heterocycles. The molecule has 2 aromatic heterocycles. The van der Waals surface area contributed by atoms with Crippen LogP contribution in [0.25, 0.3) is 11.3 Å². The summed E-state index contributed by atoms with van der Waals surface area (Å²) in [5.74, 6) is -0.237. The highest BCUT2D eigenvalue weighted by molar-refractivity contribution is 6.05. The van der Waals surface area contributed by atoms with Crippen LogP contribution < -0.4 is 15.4 Å². The quantitative estimate of drug-likeness (QED) is 0.355. The Kier molecular flexibility index (Phi) is 6.24. The number of halogens is 3. The number of nitrogens with one attached hydrogen (secondary N) is 2. The lowest BCUT2D eigenvalue weighted by Crippen LogP contribution is -2.17. The molecule has 1 unspecified atom stereocenters. The lowest BCUT2D eigenvalue weighted by molar-refractivity contribution is -0.274. The lowest BCUT2D eigenvalue weighted by Gasteiger charge is -2.17. The molecule has 1 aliphatic carbocycles. The van der Waals surface area contributed by atoms with Crippen molar-refractivity contribution < 1.29 is 22.7 Å². The summed E-state index contributed by atoms with van der Waals surface area (Å²) >= 11 is 0. The van der Waals surface area contributed by atoms with Crippen molar-refractivity contribution in [3.8, 4) is 17.0 Å². The third-order valence-corrected chi connectivity index (χ3v) is 5.81. The zero-order valence-corrected chi connectivity index (χ0v) is 18.8. The minimum Gasteiger partial charge on any atom is -0.406 e. The molecule has 2 heterocycles. The van der Waals surface area contributed by atoms with Gasteiger partial charge in [0.1, 0.15) is 17.8 Å². The molecular formula is C26H20F3N5O2. The highest BCUT2D eigenvalue weighted by Crippen LogP contribution is 2.34. The standard InChI is InChI=1S/C26H20F3N5O2/c27-26(28,29)36-19-11-12-31-22(13-19)17-5-7-18(8-6-17)25(35)34-23-14-30-15-32-24(23)33-21-10-9-16-3-1-2-4-20(16)21/h1-8,11-15,21H,9-10H2,(H,34,35)(H,30,32,33). The van der Waals surface area contributed by atoms with Gasteiger partial charge in [-0.15, -0.1) is 13.2 Å². The number of aryl methyl sites for hydroxylation is 1. The second-order valence-electron chi connectivity index (χ2n) is 8.18. The van der Waals surface area contributed by atoms with Gasteiger partial charge in [-0.2, -0.15) is 0 Å². The van der Waals surface area contributed by atoms with Gasteiger partial charge in [0.25, 0.3) is 5.91 Å². The molecule has 0 bridgehead atoms. The third kappa shape index (κ3) is 5.27. The number of carbonyl (C=O) groups excluding carboxylic acids is 1. The van der Waals surface area contributed by atoms with Gasteiger partial charge >= 0.3 is 6.36 Å². The SMILES string of the molecule is O=C(Nc1cncnc1NC1CCc2ccccc21)c1ccc(-c2cc(OC(F)(F)F)ccn2)cc1. The summed E-state index contributed by atoms with van der Waals surface area (Å²) in [6.07, 6.45) is 1.25. The number of benzene rings is 2. The molecule has 0 fully saturated rings. The summed E-state index contributed by atoms with van der Waals surface area (Å²) in [6.45, 7) is 0. The minimum atomic E-state index is -4.80. The van der Waals surface area contributed by atoms with E-state index in [0.29, 0.717) is 22.6 Å². The molecule has 182 valence electrons. The molecule has 1 atom stereocenters. The molecule has 0 saturated carbocycles. The summed E-state index contributed by atoms with van der Waals surface area (Å²) in [6, 6.07) is 16.9. The monoisotopic (exact) mass is 491 g/mol. The maximum atomic E-state index is 12.9. The van der Waals surface area contributed by atoms with Crippen LogP contribution in [-0.2, 0) is 6.42 Å². The third-order valence-electron chi connectivity index (χ3n) is 5.81. The number of alkyl halides is 3. The molecule has 4 aromatic rings. The van der Waals surface area contributed by atoms with E-state index in [4.69, 9.17) is 0 Å². The fourth-order valence-electron chi connectivity index (χ4n) is 4.16. The zero-order valence-electron chi connectivity index (χ0n) is 18.8. The van der Waals surface area contributed by atoms with E-state index in [9.17, 15) is 18.0 Å². The Balaban J connectivity index is 1.29. The molecular weight excluding hydrogens is 471 g/mol. The lowest BCUT2D eigenvalue weighted by atomic mass is 10.1. The van der Waals surface area contributed by atoms with Crippen LogP contribution in [0.4, 0.5) is 24.7 Å². The number of amides is 1. The van der Waals surface area contributed by atoms with Gasteiger partial charge in [0.15, 0.2) is 5.82 Å². The number of fused-ring (bicyclic) bond motifs is 1. The van der Waals surface area contributed by atoms with E-state index in [0.717, 1.165) is 18.9 Å². The Morgan fingerprint density at radius 3 is 2.64 bits per heavy atom. The molecule has 1 aliphatic rings. The summed E-state index contributed by atoms with van der Waals surface area (Å²) < 4.78 is 41.5. The molecule has 0 aliphatic heterocycles. The Morgan fingerprint density at radius 1 is 1.03 bits per heavy atom. The van der Waals surface area contributed by atoms with E-state index in [1.807, 2.05) is 12.1 Å². The Morgan fingerprint density at radius 2 is 1.83 bits per heavy atom. The van der Waals surface area contributed by atoms with Crippen molar-refractivity contribution in [1.29, 1.82) is 0 Å². The first kappa shape index (κ1) is 23.3. The minimum absolute atomic E-state index is 0.0793. The van der Waals surface area contributed by atoms with Gasteiger partial charge in [-0.3, -0.25) is 9.78 Å². The van der Waals surface area contributed by atoms with Crippen LogP contribution in [0.2, 0.25) is 0 Å². The number of anilines is 2. The van der Waals surface area contributed by atoms with Gasteiger partial charge in [0.2, 0.25) is 0 Å². The molecule has 7 nitrogen and oxygen atoms in total. The second-order valence-corrected chi connectivity index (χ2v) is 8.18. The number of carbonyl (C=O) groups is 1. The number of ether oxygens (including phenoxy) is 1. The van der Waals surface area contributed by atoms with Gasteiger partial charge in [0.05, 0.1) is 17.9 Å². The van der Waals surface area contributed by atoms with Crippen molar-refractivity contribution in [3.63, 3.8) is 0 Å². The highest BCUT2D eigenvalue weighted by atomic mass is 19.4. The Labute approximate surface area is 204 Å². The normalized spacial score (nSPS) is 14.7. The number of aromatic nitrogens is 3. The average Bonchev–Trinajstić information content (AvgIpc) is 3.27. The number of hydrogen-bond acceptors (Lipinski definition) is 6. The number of pyridine rings is 1. The van der Waals surface area contributed by atoms with Crippen molar-refractivity contribution in [2.75, 3.05) is 10.6 Å². The van der Waals surface area contributed by atoms with Crippen molar-refractivity contribution in [1.82, 2.24) is 15.0 Å². The van der Waals surface area contributed by atoms with E-state index < -0.39 is 6.36 Å². The van der Waals surface area contributed by atoms with E-state index in [1.54, 1.807) is 24.3 Å². The first-order valence-corrected chi connectivity index (χ1v) is 11.1. The first-order valence-electron chi connectivity index (χ1n) is 11.1. The fraction of sp³-hybridized carbons (Fsp3) is 0.154. The van der Waals surface area contributed by atoms with Crippen LogP contribution in [-0.4, -0.2) is 27.2 Å². The summed E-state index contributed by atoms with van der Waals surface area (Å²) in [4.78, 5) is 25.3. The second kappa shape index (κ2) is 9.65. The molecule has 0 spiro atoms. The topological polar surface area (TPSA) is 89.0 Å². The van der Waals surface area contributed by atoms with Gasteiger partial charge in [0, 0.05) is 23.4 Å². The van der Waals surface area contributed by atoms with E-state index in [2.05, 4.69) is 42.5 Å². The average molecular weight is 491 g/mol. The fourth-order valence-corrected chi connectivity index (χ4v) is 4.16. The van der Waals surface area contributed by atoms with Crippen LogP contribution in [0.5, 0.6) is 5.75 Å².